The molecule has 2 amide bonds. The Hall–Kier alpha value is -2.66. The Labute approximate surface area is 142 Å². The highest BCUT2D eigenvalue weighted by Crippen LogP contribution is 2.07. The molecule has 0 aliphatic heterocycles. The van der Waals surface area contributed by atoms with E-state index in [-0.39, 0.29) is 11.8 Å². The standard InChI is InChI=1S/C19H23N3O2/c1-22(14-12-18(23)20-16-8-4-2-5-9-16)15-13-19(24)21-17-10-6-3-7-11-17/h2-11H,12-15H2,1H3,(H,20,23)(H,21,24). The van der Waals surface area contributed by atoms with E-state index in [1.807, 2.05) is 72.6 Å². The zero-order valence-corrected chi connectivity index (χ0v) is 13.9. The number of para-hydroxylation sites is 2. The maximum Gasteiger partial charge on any atom is 0.225 e. The Morgan fingerprint density at radius 1 is 0.750 bits per heavy atom. The van der Waals surface area contributed by atoms with Gasteiger partial charge in [-0.3, -0.25) is 9.59 Å². The number of carbonyl (C=O) groups excluding carboxylic acids is 2. The van der Waals surface area contributed by atoms with E-state index >= 15 is 0 Å². The lowest BCUT2D eigenvalue weighted by Crippen LogP contribution is -2.27. The molecule has 2 aromatic carbocycles. The van der Waals surface area contributed by atoms with Crippen LogP contribution in [0, 0.1) is 0 Å². The molecule has 0 heterocycles. The molecule has 2 rings (SSSR count). The van der Waals surface area contributed by atoms with Crippen molar-refractivity contribution in [1.29, 1.82) is 0 Å². The van der Waals surface area contributed by atoms with Gasteiger partial charge in [0.05, 0.1) is 0 Å². The third kappa shape index (κ3) is 6.62. The number of benzene rings is 2. The summed E-state index contributed by atoms with van der Waals surface area (Å²) >= 11 is 0. The second kappa shape index (κ2) is 9.47. The average molecular weight is 325 g/mol. The number of hydrogen-bond donors (Lipinski definition) is 2. The van der Waals surface area contributed by atoms with E-state index in [1.165, 1.54) is 0 Å². The Morgan fingerprint density at radius 3 is 1.50 bits per heavy atom. The lowest BCUT2D eigenvalue weighted by Gasteiger charge is -2.16. The number of rotatable bonds is 8. The fourth-order valence-electron chi connectivity index (χ4n) is 2.19. The minimum atomic E-state index is -0.0261. The van der Waals surface area contributed by atoms with Gasteiger partial charge < -0.3 is 15.5 Å². The summed E-state index contributed by atoms with van der Waals surface area (Å²) in [4.78, 5) is 25.7. The van der Waals surface area contributed by atoms with Gasteiger partial charge in [-0.05, 0) is 31.3 Å². The van der Waals surface area contributed by atoms with Crippen LogP contribution >= 0.6 is 0 Å². The van der Waals surface area contributed by atoms with Crippen molar-refractivity contribution in [3.8, 4) is 0 Å². The lowest BCUT2D eigenvalue weighted by atomic mass is 10.3. The van der Waals surface area contributed by atoms with Crippen LogP contribution in [0.4, 0.5) is 11.4 Å². The summed E-state index contributed by atoms with van der Waals surface area (Å²) in [6.07, 6.45) is 0.789. The molecular weight excluding hydrogens is 302 g/mol. The van der Waals surface area contributed by atoms with Gasteiger partial charge >= 0.3 is 0 Å². The molecule has 5 heteroatoms. The summed E-state index contributed by atoms with van der Waals surface area (Å²) in [7, 11) is 1.91. The average Bonchev–Trinajstić information content (AvgIpc) is 2.60. The van der Waals surface area contributed by atoms with Crippen molar-refractivity contribution in [3.05, 3.63) is 60.7 Å². The Bertz CT molecular complexity index is 587. The number of hydrogen-bond acceptors (Lipinski definition) is 3. The van der Waals surface area contributed by atoms with Gasteiger partial charge in [0.15, 0.2) is 0 Å². The first kappa shape index (κ1) is 17.7. The summed E-state index contributed by atoms with van der Waals surface area (Å²) in [5.74, 6) is -0.0522. The van der Waals surface area contributed by atoms with Crippen LogP contribution in [0.5, 0.6) is 0 Å². The fraction of sp³-hybridized carbons (Fsp3) is 0.263. The topological polar surface area (TPSA) is 61.4 Å². The highest BCUT2D eigenvalue weighted by molar-refractivity contribution is 5.91. The molecule has 0 saturated heterocycles. The van der Waals surface area contributed by atoms with Crippen molar-refractivity contribution in [1.82, 2.24) is 4.90 Å². The van der Waals surface area contributed by atoms with E-state index in [0.29, 0.717) is 25.9 Å². The molecule has 0 spiro atoms. The van der Waals surface area contributed by atoms with Gasteiger partial charge in [-0.25, -0.2) is 0 Å². The number of amides is 2. The molecule has 126 valence electrons. The second-order valence-corrected chi connectivity index (χ2v) is 5.63. The van der Waals surface area contributed by atoms with Gasteiger partial charge in [0.2, 0.25) is 11.8 Å². The minimum absolute atomic E-state index is 0.0261. The van der Waals surface area contributed by atoms with Crippen LogP contribution in [0.2, 0.25) is 0 Å². The summed E-state index contributed by atoms with van der Waals surface area (Å²) in [6.45, 7) is 1.22. The van der Waals surface area contributed by atoms with Crippen LogP contribution in [0.3, 0.4) is 0 Å². The predicted molar refractivity (Wildman–Crippen MR) is 96.9 cm³/mol. The van der Waals surface area contributed by atoms with Crippen LogP contribution in [0.25, 0.3) is 0 Å². The molecule has 2 N–H and O–H groups in total. The zero-order chi connectivity index (χ0) is 17.2. The van der Waals surface area contributed by atoms with Gasteiger partial charge in [0, 0.05) is 37.3 Å². The molecule has 0 atom stereocenters. The number of anilines is 2. The summed E-state index contributed by atoms with van der Waals surface area (Å²) in [6, 6.07) is 18.8. The van der Waals surface area contributed by atoms with Crippen molar-refractivity contribution in [2.75, 3.05) is 30.8 Å². The summed E-state index contributed by atoms with van der Waals surface area (Å²) in [5, 5.41) is 5.70. The summed E-state index contributed by atoms with van der Waals surface area (Å²) < 4.78 is 0. The van der Waals surface area contributed by atoms with Crippen LogP contribution in [-0.4, -0.2) is 36.9 Å². The van der Waals surface area contributed by atoms with Crippen molar-refractivity contribution >= 4 is 23.2 Å². The predicted octanol–water partition coefficient (Wildman–Crippen LogP) is 2.98. The van der Waals surface area contributed by atoms with E-state index in [4.69, 9.17) is 0 Å². The van der Waals surface area contributed by atoms with Gasteiger partial charge in [-0.2, -0.15) is 0 Å². The molecule has 0 saturated carbocycles. The molecule has 0 aromatic heterocycles. The number of carbonyl (C=O) groups is 2. The Kier molecular flexibility index (Phi) is 6.98. The van der Waals surface area contributed by atoms with Gasteiger partial charge in [-0.1, -0.05) is 36.4 Å². The van der Waals surface area contributed by atoms with Crippen LogP contribution in [-0.2, 0) is 9.59 Å². The van der Waals surface area contributed by atoms with Crippen molar-refractivity contribution in [2.24, 2.45) is 0 Å². The summed E-state index contributed by atoms with van der Waals surface area (Å²) in [5.41, 5.74) is 1.60. The monoisotopic (exact) mass is 325 g/mol. The first-order valence-corrected chi connectivity index (χ1v) is 8.02. The largest absolute Gasteiger partial charge is 0.326 e. The maximum absolute atomic E-state index is 11.9. The highest BCUT2D eigenvalue weighted by Gasteiger charge is 2.08. The quantitative estimate of drug-likeness (QED) is 0.784. The number of nitrogens with zero attached hydrogens (tertiary/aromatic N) is 1. The molecule has 0 radical (unpaired) electrons. The number of nitrogens with one attached hydrogen (secondary N) is 2. The third-order valence-electron chi connectivity index (χ3n) is 3.56. The van der Waals surface area contributed by atoms with Crippen molar-refractivity contribution < 1.29 is 9.59 Å². The lowest BCUT2D eigenvalue weighted by molar-refractivity contribution is -0.116. The molecule has 24 heavy (non-hydrogen) atoms. The second-order valence-electron chi connectivity index (χ2n) is 5.63. The van der Waals surface area contributed by atoms with Crippen LogP contribution < -0.4 is 10.6 Å². The van der Waals surface area contributed by atoms with E-state index in [9.17, 15) is 9.59 Å². The van der Waals surface area contributed by atoms with Crippen LogP contribution in [0.1, 0.15) is 12.8 Å². The van der Waals surface area contributed by atoms with E-state index in [0.717, 1.165) is 11.4 Å². The zero-order valence-electron chi connectivity index (χ0n) is 13.9. The van der Waals surface area contributed by atoms with Crippen molar-refractivity contribution in [3.63, 3.8) is 0 Å². The molecule has 0 aliphatic carbocycles. The molecule has 0 bridgehead atoms. The Morgan fingerprint density at radius 2 is 1.12 bits per heavy atom. The molecule has 0 unspecified atom stereocenters. The molecule has 0 aliphatic rings. The Balaban J connectivity index is 1.63. The molecule has 2 aromatic rings. The normalized spacial score (nSPS) is 10.4. The third-order valence-corrected chi connectivity index (χ3v) is 3.56. The van der Waals surface area contributed by atoms with E-state index < -0.39 is 0 Å². The van der Waals surface area contributed by atoms with Gasteiger partial charge in [-0.15, -0.1) is 0 Å². The smallest absolute Gasteiger partial charge is 0.225 e. The van der Waals surface area contributed by atoms with E-state index in [2.05, 4.69) is 10.6 Å². The van der Waals surface area contributed by atoms with Gasteiger partial charge in [0.1, 0.15) is 0 Å². The fourth-order valence-corrected chi connectivity index (χ4v) is 2.19. The minimum Gasteiger partial charge on any atom is -0.326 e. The molecule has 5 nitrogen and oxygen atoms in total. The first-order valence-electron chi connectivity index (χ1n) is 8.02. The van der Waals surface area contributed by atoms with Gasteiger partial charge in [0.25, 0.3) is 0 Å². The van der Waals surface area contributed by atoms with Crippen LogP contribution in [0.15, 0.2) is 60.7 Å². The highest BCUT2D eigenvalue weighted by atomic mass is 16.2. The van der Waals surface area contributed by atoms with E-state index in [1.54, 1.807) is 0 Å². The molecule has 0 fully saturated rings. The first-order chi connectivity index (χ1) is 11.6. The SMILES string of the molecule is CN(CCC(=O)Nc1ccccc1)CCC(=O)Nc1ccccc1. The van der Waals surface area contributed by atoms with Crippen molar-refractivity contribution in [2.45, 2.75) is 12.8 Å². The maximum atomic E-state index is 11.9. The molecular formula is C19H23N3O2.